The third-order valence-electron chi connectivity index (χ3n) is 9.79. The van der Waals surface area contributed by atoms with E-state index in [1.807, 2.05) is 18.2 Å². The van der Waals surface area contributed by atoms with Gasteiger partial charge >= 0.3 is 0 Å². The van der Waals surface area contributed by atoms with Crippen molar-refractivity contribution in [2.75, 3.05) is 26.3 Å². The van der Waals surface area contributed by atoms with Gasteiger partial charge in [-0.1, -0.05) is 36.1 Å². The molecule has 44 heavy (non-hydrogen) atoms. The number of hydrogen-bond acceptors (Lipinski definition) is 11. The molecule has 3 heterocycles. The fourth-order valence-corrected chi connectivity index (χ4v) is 7.31. The van der Waals surface area contributed by atoms with Gasteiger partial charge in [-0.2, -0.15) is 0 Å². The maximum atomic E-state index is 10.7. The molecule has 0 radical (unpaired) electrons. The number of hydrogen-bond donors (Lipinski definition) is 9. The molecule has 11 heteroatoms. The summed E-state index contributed by atoms with van der Waals surface area (Å²) in [4.78, 5) is 0. The summed E-state index contributed by atoms with van der Waals surface area (Å²) in [5.41, 5.74) is 5.86. The van der Waals surface area contributed by atoms with E-state index >= 15 is 0 Å². The molecular formula is C33H41NO10. The van der Waals surface area contributed by atoms with E-state index in [0.717, 1.165) is 48.2 Å². The van der Waals surface area contributed by atoms with Crippen LogP contribution in [0.5, 0.6) is 0 Å². The second-order valence-electron chi connectivity index (χ2n) is 12.4. The third-order valence-corrected chi connectivity index (χ3v) is 9.79. The Morgan fingerprint density at radius 1 is 0.727 bits per heavy atom. The molecule has 10 atom stereocenters. The highest BCUT2D eigenvalue weighted by Crippen LogP contribution is 2.53. The molecule has 1 spiro atoms. The average molecular weight is 612 g/mol. The average Bonchev–Trinajstić information content (AvgIpc) is 3.29. The van der Waals surface area contributed by atoms with Crippen LogP contribution < -0.4 is 5.32 Å². The Kier molecular flexibility index (Phi) is 9.14. The molecule has 4 aliphatic rings. The van der Waals surface area contributed by atoms with Gasteiger partial charge in [0, 0.05) is 24.0 Å². The molecular weight excluding hydrogens is 570 g/mol. The molecule has 0 aromatic heterocycles. The lowest BCUT2D eigenvalue weighted by Gasteiger charge is -2.41. The molecule has 11 nitrogen and oxygen atoms in total. The zero-order valence-electron chi connectivity index (χ0n) is 24.3. The van der Waals surface area contributed by atoms with E-state index in [-0.39, 0.29) is 18.4 Å². The van der Waals surface area contributed by atoms with Gasteiger partial charge in [-0.3, -0.25) is 0 Å². The van der Waals surface area contributed by atoms with Crippen molar-refractivity contribution in [2.24, 2.45) is 0 Å². The summed E-state index contributed by atoms with van der Waals surface area (Å²) in [6.45, 7) is 0.915. The van der Waals surface area contributed by atoms with E-state index in [4.69, 9.17) is 9.47 Å². The SMILES string of the molecule is OCC[C@H]1O[C@H](Cc2ccc3c(c2)C2(CCNCC2)c2cc(C#C[C@H]4O[C@H](CO)[C@@H](O)[C@H](O)[C@@H]4O)ccc2-3)[C@@H](O)[C@@H](O)[C@@H]1O. The standard InChI is InChI=1S/C33H41NO10/c35-12-7-24-28(38)31(41)29(39)25(43-24)15-18-2-5-20-19-4-1-17(3-6-23-27(37)32(42)30(40)26(16-36)44-23)13-21(19)33(22(20)14-18)8-10-34-11-9-33/h1-2,4-5,13-14,23-32,34-42H,7-12,15-16H2/t23-,24-,25-,26-,27-,28-,29-,30-,31+,32-/m1/s1. The van der Waals surface area contributed by atoms with Crippen LogP contribution in [0, 0.1) is 11.8 Å². The van der Waals surface area contributed by atoms with Gasteiger partial charge in [0.15, 0.2) is 0 Å². The number of aliphatic hydroxyl groups excluding tert-OH is 8. The molecule has 0 bridgehead atoms. The molecule has 0 saturated carbocycles. The summed E-state index contributed by atoms with van der Waals surface area (Å²) < 4.78 is 11.5. The van der Waals surface area contributed by atoms with Gasteiger partial charge in [0.05, 0.1) is 18.8 Å². The van der Waals surface area contributed by atoms with E-state index in [1.54, 1.807) is 0 Å². The molecule has 238 valence electrons. The Labute approximate surface area is 255 Å². The largest absolute Gasteiger partial charge is 0.396 e. The Hall–Kier alpha value is -2.44. The van der Waals surface area contributed by atoms with Crippen LogP contribution in [-0.4, -0.2) is 128 Å². The molecule has 2 aromatic carbocycles. The van der Waals surface area contributed by atoms with E-state index < -0.39 is 67.6 Å². The minimum Gasteiger partial charge on any atom is -0.396 e. The molecule has 3 saturated heterocycles. The van der Waals surface area contributed by atoms with Gasteiger partial charge in [-0.15, -0.1) is 0 Å². The minimum atomic E-state index is -1.49. The zero-order valence-corrected chi connectivity index (χ0v) is 24.3. The first-order valence-electron chi connectivity index (χ1n) is 15.3. The Bertz CT molecular complexity index is 1400. The minimum absolute atomic E-state index is 0.151. The van der Waals surface area contributed by atoms with Crippen molar-refractivity contribution in [1.82, 2.24) is 5.32 Å². The highest BCUT2D eigenvalue weighted by molar-refractivity contribution is 5.82. The second kappa shape index (κ2) is 12.7. The van der Waals surface area contributed by atoms with E-state index in [0.29, 0.717) is 12.0 Å². The predicted molar refractivity (Wildman–Crippen MR) is 157 cm³/mol. The Morgan fingerprint density at radius 2 is 1.36 bits per heavy atom. The van der Waals surface area contributed by atoms with E-state index in [2.05, 4.69) is 35.4 Å². The smallest absolute Gasteiger partial charge is 0.147 e. The number of aliphatic hydroxyl groups is 8. The summed E-state index contributed by atoms with van der Waals surface area (Å²) in [7, 11) is 0. The van der Waals surface area contributed by atoms with Crippen molar-refractivity contribution in [2.45, 2.75) is 92.1 Å². The normalized spacial score (nSPS) is 35.9. The fraction of sp³-hybridized carbons (Fsp3) is 0.576. The first-order valence-corrected chi connectivity index (χ1v) is 15.3. The second-order valence-corrected chi connectivity index (χ2v) is 12.4. The van der Waals surface area contributed by atoms with Crippen LogP contribution in [0.3, 0.4) is 0 Å². The third kappa shape index (κ3) is 5.48. The molecule has 9 N–H and O–H groups in total. The molecule has 1 aliphatic carbocycles. The molecule has 0 unspecified atom stereocenters. The molecule has 3 fully saturated rings. The van der Waals surface area contributed by atoms with E-state index in [9.17, 15) is 40.9 Å². The number of piperidine rings is 1. The van der Waals surface area contributed by atoms with Crippen molar-refractivity contribution in [3.8, 4) is 23.0 Å². The summed E-state index contributed by atoms with van der Waals surface area (Å²) >= 11 is 0. The van der Waals surface area contributed by atoms with Crippen LogP contribution in [-0.2, 0) is 21.3 Å². The molecule has 6 rings (SSSR count). The Morgan fingerprint density at radius 3 is 2.07 bits per heavy atom. The highest BCUT2D eigenvalue weighted by Gasteiger charge is 2.46. The van der Waals surface area contributed by atoms with Crippen LogP contribution in [0.25, 0.3) is 11.1 Å². The lowest BCUT2D eigenvalue weighted by atomic mass is 9.70. The van der Waals surface area contributed by atoms with Gasteiger partial charge in [-0.05, 0) is 72.3 Å². The number of ether oxygens (including phenoxy) is 2. The Balaban J connectivity index is 1.29. The summed E-state index contributed by atoms with van der Waals surface area (Å²) in [5.74, 6) is 5.94. The maximum absolute atomic E-state index is 10.7. The summed E-state index contributed by atoms with van der Waals surface area (Å²) in [6.07, 6.45) is -9.74. The number of rotatable bonds is 5. The van der Waals surface area contributed by atoms with Crippen molar-refractivity contribution < 1.29 is 50.3 Å². The van der Waals surface area contributed by atoms with Gasteiger partial charge in [0.2, 0.25) is 0 Å². The number of fused-ring (bicyclic) bond motifs is 5. The lowest BCUT2D eigenvalue weighted by Crippen LogP contribution is -2.58. The van der Waals surface area contributed by atoms with Gasteiger partial charge in [0.25, 0.3) is 0 Å². The fourth-order valence-electron chi connectivity index (χ4n) is 7.31. The predicted octanol–water partition coefficient (Wildman–Crippen LogP) is -1.69. The molecule has 2 aromatic rings. The van der Waals surface area contributed by atoms with Crippen LogP contribution in [0.4, 0.5) is 0 Å². The van der Waals surface area contributed by atoms with Gasteiger partial charge in [0.1, 0.15) is 48.8 Å². The van der Waals surface area contributed by atoms with Gasteiger partial charge in [-0.25, -0.2) is 0 Å². The highest BCUT2D eigenvalue weighted by atomic mass is 16.5. The topological polar surface area (TPSA) is 192 Å². The van der Waals surface area contributed by atoms with Crippen molar-refractivity contribution in [1.29, 1.82) is 0 Å². The summed E-state index contributed by atoms with van der Waals surface area (Å²) in [5, 5.41) is 84.4. The van der Waals surface area contributed by atoms with Crippen molar-refractivity contribution >= 4 is 0 Å². The van der Waals surface area contributed by atoms with Crippen LogP contribution >= 0.6 is 0 Å². The molecule has 0 amide bonds. The quantitative estimate of drug-likeness (QED) is 0.175. The monoisotopic (exact) mass is 611 g/mol. The number of nitrogens with one attached hydrogen (secondary N) is 1. The van der Waals surface area contributed by atoms with Crippen molar-refractivity contribution in [3.63, 3.8) is 0 Å². The van der Waals surface area contributed by atoms with Crippen LogP contribution in [0.15, 0.2) is 36.4 Å². The zero-order chi connectivity index (χ0) is 31.2. The maximum Gasteiger partial charge on any atom is 0.147 e. The van der Waals surface area contributed by atoms with Crippen LogP contribution in [0.1, 0.15) is 41.5 Å². The number of benzene rings is 2. The first-order chi connectivity index (χ1) is 21.2. The molecule has 3 aliphatic heterocycles. The van der Waals surface area contributed by atoms with Gasteiger partial charge < -0.3 is 55.6 Å². The van der Waals surface area contributed by atoms with E-state index in [1.165, 1.54) is 5.56 Å². The lowest BCUT2D eigenvalue weighted by molar-refractivity contribution is -0.224. The van der Waals surface area contributed by atoms with Crippen LogP contribution in [0.2, 0.25) is 0 Å². The van der Waals surface area contributed by atoms with Crippen molar-refractivity contribution in [3.05, 3.63) is 58.7 Å². The summed E-state index contributed by atoms with van der Waals surface area (Å²) in [6, 6.07) is 12.2. The first kappa shape index (κ1) is 31.5.